The molecule has 0 spiro atoms. The summed E-state index contributed by atoms with van der Waals surface area (Å²) in [7, 11) is 1.47. The largest absolute Gasteiger partial charge is 0.495 e. The molecule has 2 amide bonds. The van der Waals surface area contributed by atoms with Gasteiger partial charge in [-0.2, -0.15) is 0 Å². The third-order valence-corrected chi connectivity index (χ3v) is 5.25. The van der Waals surface area contributed by atoms with E-state index in [4.69, 9.17) is 9.47 Å². The van der Waals surface area contributed by atoms with E-state index in [-0.39, 0.29) is 5.91 Å². The summed E-state index contributed by atoms with van der Waals surface area (Å²) in [5.41, 5.74) is 3.91. The second-order valence-corrected chi connectivity index (χ2v) is 7.50. The number of amides is 2. The number of anilines is 2. The fourth-order valence-corrected chi connectivity index (χ4v) is 3.92. The zero-order valence-corrected chi connectivity index (χ0v) is 17.9. The molecule has 32 heavy (non-hydrogen) atoms. The van der Waals surface area contributed by atoms with Gasteiger partial charge in [-0.1, -0.05) is 18.2 Å². The molecule has 1 heterocycles. The highest BCUT2D eigenvalue weighted by Gasteiger charge is 2.25. The number of hydrogen-bond acceptors (Lipinski definition) is 6. The van der Waals surface area contributed by atoms with Crippen molar-refractivity contribution >= 4 is 40.1 Å². The van der Waals surface area contributed by atoms with Crippen LogP contribution in [-0.2, 0) is 27.2 Å². The lowest BCUT2D eigenvalue weighted by atomic mass is 10.0. The van der Waals surface area contributed by atoms with Crippen LogP contribution in [0.5, 0.6) is 5.75 Å². The van der Waals surface area contributed by atoms with Gasteiger partial charge < -0.3 is 20.1 Å². The Kier molecular flexibility index (Phi) is 6.02. The van der Waals surface area contributed by atoms with Crippen LogP contribution in [-0.4, -0.2) is 36.5 Å². The number of carbonyl (C=O) groups is 3. The number of esters is 1. The normalized spacial score (nSPS) is 12.2. The number of aryl methyl sites for hydroxylation is 1. The Morgan fingerprint density at radius 1 is 1.06 bits per heavy atom. The molecule has 0 unspecified atom stereocenters. The third kappa shape index (κ3) is 4.39. The summed E-state index contributed by atoms with van der Waals surface area (Å²) < 4.78 is 10.6. The number of nitrogens with one attached hydrogen (secondary N) is 2. The van der Waals surface area contributed by atoms with Gasteiger partial charge in [0.05, 0.1) is 23.9 Å². The van der Waals surface area contributed by atoms with E-state index in [9.17, 15) is 14.4 Å². The van der Waals surface area contributed by atoms with Gasteiger partial charge in [-0.15, -0.1) is 0 Å². The molecule has 8 nitrogen and oxygen atoms in total. The summed E-state index contributed by atoms with van der Waals surface area (Å²) in [4.78, 5) is 41.4. The summed E-state index contributed by atoms with van der Waals surface area (Å²) in [6.45, 7) is 0.930. The molecule has 0 radical (unpaired) electrons. The second-order valence-electron chi connectivity index (χ2n) is 7.50. The monoisotopic (exact) mass is 433 g/mol. The minimum atomic E-state index is -0.545. The Labute approximate surface area is 184 Å². The molecule has 0 atom stereocenters. The Balaban J connectivity index is 1.50. The molecule has 0 aliphatic heterocycles. The molecule has 1 aromatic heterocycles. The van der Waals surface area contributed by atoms with Crippen LogP contribution >= 0.6 is 0 Å². The first kappa shape index (κ1) is 21.3. The smallest absolute Gasteiger partial charge is 0.339 e. The summed E-state index contributed by atoms with van der Waals surface area (Å²) >= 11 is 0. The number of aromatic nitrogens is 1. The maximum atomic E-state index is 13.0. The van der Waals surface area contributed by atoms with E-state index < -0.39 is 18.5 Å². The van der Waals surface area contributed by atoms with Crippen LogP contribution in [0.4, 0.5) is 11.4 Å². The minimum absolute atomic E-state index is 0.238. The molecule has 164 valence electrons. The standard InChI is InChI=1S/C24H23N3O5/c1-14(28)25-15-10-11-21(31-2)20(12-15)27-22(29)13-32-24(30)23-16-6-3-4-8-18(16)26-19-9-5-7-17(19)23/h3-4,6,8,10-12H,5,7,9,13H2,1-2H3,(H,25,28)(H,27,29). The van der Waals surface area contributed by atoms with Crippen molar-refractivity contribution in [3.63, 3.8) is 0 Å². The van der Waals surface area contributed by atoms with E-state index in [0.29, 0.717) is 22.7 Å². The van der Waals surface area contributed by atoms with E-state index in [0.717, 1.165) is 41.4 Å². The predicted molar refractivity (Wildman–Crippen MR) is 120 cm³/mol. The highest BCUT2D eigenvalue weighted by molar-refractivity contribution is 6.06. The maximum absolute atomic E-state index is 13.0. The molecule has 8 heteroatoms. The molecular formula is C24H23N3O5. The Hall–Kier alpha value is -3.94. The number of carbonyl (C=O) groups excluding carboxylic acids is 3. The number of fused-ring (bicyclic) bond motifs is 2. The van der Waals surface area contributed by atoms with E-state index >= 15 is 0 Å². The van der Waals surface area contributed by atoms with Crippen molar-refractivity contribution in [3.8, 4) is 5.75 Å². The SMILES string of the molecule is COc1ccc(NC(C)=O)cc1NC(=O)COC(=O)c1c2c(nc3ccccc13)CCC2. The van der Waals surface area contributed by atoms with Gasteiger partial charge in [0.2, 0.25) is 5.91 Å². The molecule has 1 aliphatic rings. The quantitative estimate of drug-likeness (QED) is 0.577. The predicted octanol–water partition coefficient (Wildman–Crippen LogP) is 3.49. The number of methoxy groups -OCH3 is 1. The number of ether oxygens (including phenoxy) is 2. The van der Waals surface area contributed by atoms with Crippen molar-refractivity contribution in [1.82, 2.24) is 4.98 Å². The Morgan fingerprint density at radius 2 is 1.88 bits per heavy atom. The van der Waals surface area contributed by atoms with Crippen LogP contribution in [0, 0.1) is 0 Å². The summed E-state index contributed by atoms with van der Waals surface area (Å²) in [5, 5.41) is 6.04. The van der Waals surface area contributed by atoms with Crippen molar-refractivity contribution in [2.75, 3.05) is 24.4 Å². The van der Waals surface area contributed by atoms with Crippen molar-refractivity contribution in [1.29, 1.82) is 0 Å². The van der Waals surface area contributed by atoms with Gasteiger partial charge in [0, 0.05) is 23.7 Å². The summed E-state index contributed by atoms with van der Waals surface area (Å²) in [6, 6.07) is 12.3. The first-order chi connectivity index (χ1) is 15.5. The molecule has 3 aromatic rings. The molecule has 4 rings (SSSR count). The van der Waals surface area contributed by atoms with Gasteiger partial charge in [0.1, 0.15) is 5.75 Å². The third-order valence-electron chi connectivity index (χ3n) is 5.25. The highest BCUT2D eigenvalue weighted by Crippen LogP contribution is 2.31. The zero-order valence-electron chi connectivity index (χ0n) is 17.9. The Morgan fingerprint density at radius 3 is 2.66 bits per heavy atom. The lowest BCUT2D eigenvalue weighted by Gasteiger charge is -2.14. The minimum Gasteiger partial charge on any atom is -0.495 e. The fourth-order valence-electron chi connectivity index (χ4n) is 3.92. The molecule has 2 N–H and O–H groups in total. The molecule has 0 saturated heterocycles. The summed E-state index contributed by atoms with van der Waals surface area (Å²) in [6.07, 6.45) is 2.52. The van der Waals surface area contributed by atoms with Crippen molar-refractivity contribution in [2.24, 2.45) is 0 Å². The lowest BCUT2D eigenvalue weighted by Crippen LogP contribution is -2.22. The lowest BCUT2D eigenvalue weighted by molar-refractivity contribution is -0.119. The molecular weight excluding hydrogens is 410 g/mol. The van der Waals surface area contributed by atoms with Gasteiger partial charge in [0.15, 0.2) is 6.61 Å². The van der Waals surface area contributed by atoms with Crippen molar-refractivity contribution < 1.29 is 23.9 Å². The maximum Gasteiger partial charge on any atom is 0.339 e. The van der Waals surface area contributed by atoms with Crippen LogP contribution < -0.4 is 15.4 Å². The second kappa shape index (κ2) is 9.05. The molecule has 0 fully saturated rings. The highest BCUT2D eigenvalue weighted by atomic mass is 16.5. The molecule has 0 saturated carbocycles. The van der Waals surface area contributed by atoms with E-state index in [1.165, 1.54) is 14.0 Å². The average Bonchev–Trinajstić information content (AvgIpc) is 3.23. The fraction of sp³-hybridized carbons (Fsp3) is 0.250. The van der Waals surface area contributed by atoms with Crippen LogP contribution in [0.2, 0.25) is 0 Å². The zero-order chi connectivity index (χ0) is 22.7. The number of rotatable bonds is 6. The van der Waals surface area contributed by atoms with Crippen molar-refractivity contribution in [3.05, 3.63) is 59.3 Å². The van der Waals surface area contributed by atoms with Crippen LogP contribution in [0.15, 0.2) is 42.5 Å². The van der Waals surface area contributed by atoms with Gasteiger partial charge in [-0.05, 0) is 49.1 Å². The number of para-hydroxylation sites is 1. The van der Waals surface area contributed by atoms with Crippen LogP contribution in [0.1, 0.15) is 35.0 Å². The van der Waals surface area contributed by atoms with Crippen LogP contribution in [0.25, 0.3) is 10.9 Å². The first-order valence-corrected chi connectivity index (χ1v) is 10.3. The first-order valence-electron chi connectivity index (χ1n) is 10.3. The molecule has 1 aliphatic carbocycles. The van der Waals surface area contributed by atoms with E-state index in [1.807, 2.05) is 24.3 Å². The van der Waals surface area contributed by atoms with Crippen LogP contribution in [0.3, 0.4) is 0 Å². The number of pyridine rings is 1. The average molecular weight is 433 g/mol. The van der Waals surface area contributed by atoms with Gasteiger partial charge in [-0.25, -0.2) is 4.79 Å². The van der Waals surface area contributed by atoms with Crippen molar-refractivity contribution in [2.45, 2.75) is 26.2 Å². The topological polar surface area (TPSA) is 107 Å². The van der Waals surface area contributed by atoms with E-state index in [2.05, 4.69) is 15.6 Å². The van der Waals surface area contributed by atoms with Gasteiger partial charge in [-0.3, -0.25) is 14.6 Å². The van der Waals surface area contributed by atoms with E-state index in [1.54, 1.807) is 18.2 Å². The molecule has 2 aromatic carbocycles. The molecule has 0 bridgehead atoms. The number of nitrogens with zero attached hydrogens (tertiary/aromatic N) is 1. The van der Waals surface area contributed by atoms with Gasteiger partial charge in [0.25, 0.3) is 5.91 Å². The Bertz CT molecular complexity index is 1220. The number of hydrogen-bond donors (Lipinski definition) is 2. The summed E-state index contributed by atoms with van der Waals surface area (Å²) in [5.74, 6) is -0.891. The van der Waals surface area contributed by atoms with Gasteiger partial charge >= 0.3 is 5.97 Å². The number of benzene rings is 2.